The van der Waals surface area contributed by atoms with Gasteiger partial charge in [-0.2, -0.15) is 0 Å². The molecule has 3 amide bonds. The van der Waals surface area contributed by atoms with Gasteiger partial charge in [0.1, 0.15) is 11.3 Å². The van der Waals surface area contributed by atoms with Crippen molar-refractivity contribution in [2.75, 3.05) is 13.1 Å². The summed E-state index contributed by atoms with van der Waals surface area (Å²) in [6.45, 7) is 11.1. The Bertz CT molecular complexity index is 709. The highest BCUT2D eigenvalue weighted by atomic mass is 16.5. The van der Waals surface area contributed by atoms with E-state index in [0.29, 0.717) is 12.3 Å². The molecule has 0 spiro atoms. The predicted molar refractivity (Wildman–Crippen MR) is 114 cm³/mol. The Labute approximate surface area is 174 Å². The molecule has 0 aromatic heterocycles. The Hall–Kier alpha value is -2.08. The number of rotatable bonds is 8. The van der Waals surface area contributed by atoms with E-state index in [0.717, 1.165) is 44.6 Å². The van der Waals surface area contributed by atoms with Gasteiger partial charge in [0.15, 0.2) is 0 Å². The molecule has 0 saturated carbocycles. The highest BCUT2D eigenvalue weighted by Gasteiger charge is 2.51. The van der Waals surface area contributed by atoms with Crippen LogP contribution in [0, 0.1) is 11.8 Å². The lowest BCUT2D eigenvalue weighted by atomic mass is 9.74. The number of imide groups is 1. The molecule has 1 aromatic carbocycles. The summed E-state index contributed by atoms with van der Waals surface area (Å²) in [5, 5.41) is 5.48. The number of nitrogens with zero attached hydrogens (tertiary/aromatic N) is 1. The number of hydrogen-bond acceptors (Lipinski definition) is 4. The van der Waals surface area contributed by atoms with E-state index >= 15 is 0 Å². The molecule has 0 bridgehead atoms. The zero-order valence-corrected chi connectivity index (χ0v) is 18.2. The van der Waals surface area contributed by atoms with Crippen LogP contribution in [0.15, 0.2) is 24.3 Å². The molecular formula is C23H35N3O3. The van der Waals surface area contributed by atoms with Crippen molar-refractivity contribution >= 4 is 11.9 Å². The first kappa shape index (κ1) is 21.6. The van der Waals surface area contributed by atoms with Crippen molar-refractivity contribution in [3.05, 3.63) is 29.8 Å². The zero-order valence-electron chi connectivity index (χ0n) is 18.2. The summed E-state index contributed by atoms with van der Waals surface area (Å²) in [6.07, 6.45) is 3.65. The summed E-state index contributed by atoms with van der Waals surface area (Å²) in [4.78, 5) is 27.0. The van der Waals surface area contributed by atoms with E-state index in [-0.39, 0.29) is 24.0 Å². The van der Waals surface area contributed by atoms with Crippen LogP contribution in [0.4, 0.5) is 4.79 Å². The molecule has 0 radical (unpaired) electrons. The van der Waals surface area contributed by atoms with Gasteiger partial charge in [-0.15, -0.1) is 0 Å². The molecule has 0 unspecified atom stereocenters. The second-order valence-corrected chi connectivity index (χ2v) is 9.17. The molecule has 2 heterocycles. The van der Waals surface area contributed by atoms with Crippen LogP contribution in [-0.4, -0.2) is 41.6 Å². The Morgan fingerprint density at radius 3 is 2.28 bits per heavy atom. The highest BCUT2D eigenvalue weighted by molar-refractivity contribution is 6.07. The summed E-state index contributed by atoms with van der Waals surface area (Å²) >= 11 is 0. The number of likely N-dealkylation sites (tertiary alicyclic amines) is 1. The second-order valence-electron chi connectivity index (χ2n) is 9.17. The van der Waals surface area contributed by atoms with E-state index in [9.17, 15) is 9.59 Å². The lowest BCUT2D eigenvalue weighted by molar-refractivity contribution is -0.127. The molecule has 29 heavy (non-hydrogen) atoms. The maximum atomic E-state index is 12.7. The van der Waals surface area contributed by atoms with Gasteiger partial charge < -0.3 is 10.1 Å². The van der Waals surface area contributed by atoms with Crippen LogP contribution in [0.3, 0.4) is 0 Å². The second kappa shape index (κ2) is 9.16. The van der Waals surface area contributed by atoms with Crippen molar-refractivity contribution in [3.63, 3.8) is 0 Å². The molecule has 160 valence electrons. The SMILES string of the molecule is CC(C)CC[C@]1(C2CCN(Cc3ccc(OC(C)C)cc3)CC2)NC(=O)NC1=O. The van der Waals surface area contributed by atoms with Gasteiger partial charge in [0.2, 0.25) is 0 Å². The number of carbonyl (C=O) groups is 2. The minimum absolute atomic E-state index is 0.137. The smallest absolute Gasteiger partial charge is 0.322 e. The lowest BCUT2D eigenvalue weighted by Gasteiger charge is -2.41. The number of carbonyl (C=O) groups excluding carboxylic acids is 2. The molecule has 0 aliphatic carbocycles. The minimum atomic E-state index is -0.733. The fourth-order valence-corrected chi connectivity index (χ4v) is 4.48. The largest absolute Gasteiger partial charge is 0.491 e. The lowest BCUT2D eigenvalue weighted by Crippen LogP contribution is -2.56. The van der Waals surface area contributed by atoms with Gasteiger partial charge in [-0.1, -0.05) is 26.0 Å². The average molecular weight is 402 g/mol. The number of nitrogens with one attached hydrogen (secondary N) is 2. The van der Waals surface area contributed by atoms with Crippen LogP contribution in [0.5, 0.6) is 5.75 Å². The third kappa shape index (κ3) is 5.30. The summed E-state index contributed by atoms with van der Waals surface area (Å²) in [6, 6.07) is 7.96. The Balaban J connectivity index is 1.58. The molecule has 2 aliphatic heterocycles. The number of amides is 3. The quantitative estimate of drug-likeness (QED) is 0.652. The highest BCUT2D eigenvalue weighted by Crippen LogP contribution is 2.35. The van der Waals surface area contributed by atoms with Gasteiger partial charge in [0.05, 0.1) is 6.10 Å². The van der Waals surface area contributed by atoms with Crippen LogP contribution in [-0.2, 0) is 11.3 Å². The first-order valence-corrected chi connectivity index (χ1v) is 10.9. The molecule has 2 N–H and O–H groups in total. The molecule has 2 saturated heterocycles. The molecular weight excluding hydrogens is 366 g/mol. The normalized spacial score (nSPS) is 23.5. The minimum Gasteiger partial charge on any atom is -0.491 e. The predicted octanol–water partition coefficient (Wildman–Crippen LogP) is 3.70. The molecule has 2 fully saturated rings. The summed E-state index contributed by atoms with van der Waals surface area (Å²) in [5.74, 6) is 1.45. The van der Waals surface area contributed by atoms with Gasteiger partial charge >= 0.3 is 6.03 Å². The van der Waals surface area contributed by atoms with Crippen molar-refractivity contribution in [1.29, 1.82) is 0 Å². The Kier molecular flexibility index (Phi) is 6.83. The maximum absolute atomic E-state index is 12.7. The van der Waals surface area contributed by atoms with Crippen molar-refractivity contribution in [1.82, 2.24) is 15.5 Å². The van der Waals surface area contributed by atoms with E-state index in [1.165, 1.54) is 5.56 Å². The van der Waals surface area contributed by atoms with Gasteiger partial charge in [-0.3, -0.25) is 15.0 Å². The van der Waals surface area contributed by atoms with Crippen LogP contribution in [0.1, 0.15) is 58.9 Å². The molecule has 1 aromatic rings. The van der Waals surface area contributed by atoms with Crippen LogP contribution >= 0.6 is 0 Å². The molecule has 3 rings (SSSR count). The third-order valence-corrected chi connectivity index (χ3v) is 6.07. The van der Waals surface area contributed by atoms with E-state index in [1.807, 2.05) is 26.0 Å². The number of hydrogen-bond donors (Lipinski definition) is 2. The maximum Gasteiger partial charge on any atom is 0.322 e. The Morgan fingerprint density at radius 1 is 1.10 bits per heavy atom. The fourth-order valence-electron chi connectivity index (χ4n) is 4.48. The van der Waals surface area contributed by atoms with Gasteiger partial charge in [-0.25, -0.2) is 4.79 Å². The van der Waals surface area contributed by atoms with Gasteiger partial charge in [-0.05, 0) is 82.2 Å². The standard InChI is InChI=1S/C23H35N3O3/c1-16(2)9-12-23(21(27)24-22(28)25-23)19-10-13-26(14-11-19)15-18-5-7-20(8-6-18)29-17(3)4/h5-8,16-17,19H,9-15H2,1-4H3,(H2,24,25,27,28)/t23-/m1/s1. The molecule has 6 nitrogen and oxygen atoms in total. The average Bonchev–Trinajstić information content (AvgIpc) is 2.96. The number of ether oxygens (including phenoxy) is 1. The van der Waals surface area contributed by atoms with Crippen LogP contribution in [0.25, 0.3) is 0 Å². The van der Waals surface area contributed by atoms with Gasteiger partial charge in [0, 0.05) is 6.54 Å². The summed E-state index contributed by atoms with van der Waals surface area (Å²) in [7, 11) is 0. The summed E-state index contributed by atoms with van der Waals surface area (Å²) in [5.41, 5.74) is 0.532. The Morgan fingerprint density at radius 2 is 1.76 bits per heavy atom. The molecule has 1 atom stereocenters. The molecule has 2 aliphatic rings. The monoisotopic (exact) mass is 401 g/mol. The zero-order chi connectivity index (χ0) is 21.0. The van der Waals surface area contributed by atoms with Crippen molar-refractivity contribution in [2.24, 2.45) is 11.8 Å². The number of benzene rings is 1. The number of urea groups is 1. The molecule has 6 heteroatoms. The summed E-state index contributed by atoms with van der Waals surface area (Å²) < 4.78 is 5.71. The number of piperidine rings is 1. The van der Waals surface area contributed by atoms with Crippen molar-refractivity contribution < 1.29 is 14.3 Å². The van der Waals surface area contributed by atoms with Gasteiger partial charge in [0.25, 0.3) is 5.91 Å². The fraction of sp³-hybridized carbons (Fsp3) is 0.652. The first-order chi connectivity index (χ1) is 13.8. The van der Waals surface area contributed by atoms with Crippen molar-refractivity contribution in [3.8, 4) is 5.75 Å². The van der Waals surface area contributed by atoms with E-state index in [2.05, 4.69) is 41.5 Å². The van der Waals surface area contributed by atoms with E-state index in [1.54, 1.807) is 0 Å². The third-order valence-electron chi connectivity index (χ3n) is 6.07. The topological polar surface area (TPSA) is 70.7 Å². The van der Waals surface area contributed by atoms with Crippen LogP contribution < -0.4 is 15.4 Å². The van der Waals surface area contributed by atoms with Crippen LogP contribution in [0.2, 0.25) is 0 Å². The van der Waals surface area contributed by atoms with Crippen molar-refractivity contribution in [2.45, 2.75) is 71.6 Å². The van der Waals surface area contributed by atoms with E-state index < -0.39 is 5.54 Å². The van der Waals surface area contributed by atoms with E-state index in [4.69, 9.17) is 4.74 Å². The first-order valence-electron chi connectivity index (χ1n) is 10.9.